The largest absolute Gasteiger partial charge is 0.371 e. The lowest BCUT2D eigenvalue weighted by atomic mass is 10.1. The number of nitrogens with zero attached hydrogens (tertiary/aromatic N) is 1. The molecule has 1 unspecified atom stereocenters. The Bertz CT molecular complexity index is 564. The molecule has 1 N–H and O–H groups in total. The molecule has 0 aromatic heterocycles. The molecule has 118 valence electrons. The lowest BCUT2D eigenvalue weighted by Gasteiger charge is -2.05. The maximum Gasteiger partial charge on any atom is 0.128 e. The maximum absolute atomic E-state index is 13.6. The van der Waals surface area contributed by atoms with E-state index >= 15 is 0 Å². The van der Waals surface area contributed by atoms with Crippen LogP contribution in [-0.4, -0.2) is 24.7 Å². The van der Waals surface area contributed by atoms with Gasteiger partial charge in [0.25, 0.3) is 0 Å². The van der Waals surface area contributed by atoms with Crippen LogP contribution in [0.2, 0.25) is 5.02 Å². The molecule has 5 heteroatoms. The van der Waals surface area contributed by atoms with Crippen LogP contribution in [0.4, 0.5) is 4.39 Å². The Morgan fingerprint density at radius 1 is 1.45 bits per heavy atom. The molecular weight excluding hydrogens is 319 g/mol. The number of amidine groups is 1. The number of halogens is 2. The fourth-order valence-corrected chi connectivity index (χ4v) is 3.25. The third-order valence-corrected chi connectivity index (χ3v) is 4.58. The number of hydrogen-bond acceptors (Lipinski definition) is 3. The van der Waals surface area contributed by atoms with Crippen molar-refractivity contribution in [3.8, 4) is 0 Å². The van der Waals surface area contributed by atoms with E-state index in [-0.39, 0.29) is 5.82 Å². The van der Waals surface area contributed by atoms with Gasteiger partial charge in [-0.25, -0.2) is 4.39 Å². The zero-order valence-corrected chi connectivity index (χ0v) is 14.1. The van der Waals surface area contributed by atoms with Crippen molar-refractivity contribution in [2.75, 3.05) is 18.8 Å². The van der Waals surface area contributed by atoms with Crippen molar-refractivity contribution in [3.05, 3.63) is 58.9 Å². The maximum atomic E-state index is 13.6. The summed E-state index contributed by atoms with van der Waals surface area (Å²) in [6, 6.07) is 4.79. The van der Waals surface area contributed by atoms with Gasteiger partial charge in [0.05, 0.1) is 6.54 Å². The van der Waals surface area contributed by atoms with Crippen LogP contribution in [0.5, 0.6) is 0 Å². The fraction of sp³-hybridized carbons (Fsp3) is 0.353. The van der Waals surface area contributed by atoms with Gasteiger partial charge in [-0.3, -0.25) is 4.99 Å². The molecule has 1 aromatic rings. The summed E-state index contributed by atoms with van der Waals surface area (Å²) in [5.74, 6) is 2.55. The number of aliphatic imine (C=N–C) groups is 1. The number of rotatable bonds is 7. The predicted octanol–water partition coefficient (Wildman–Crippen LogP) is 4.46. The molecule has 0 amide bonds. The molecule has 0 aliphatic carbocycles. The molecule has 1 aliphatic rings. The summed E-state index contributed by atoms with van der Waals surface area (Å²) in [6.07, 6.45) is 8.23. The number of thioether (sulfide) groups is 1. The van der Waals surface area contributed by atoms with Crippen molar-refractivity contribution >= 4 is 29.2 Å². The van der Waals surface area contributed by atoms with E-state index in [0.29, 0.717) is 22.3 Å². The zero-order valence-electron chi connectivity index (χ0n) is 12.6. The second-order valence-electron chi connectivity index (χ2n) is 5.01. The van der Waals surface area contributed by atoms with E-state index in [1.54, 1.807) is 23.9 Å². The first-order valence-corrected chi connectivity index (χ1v) is 8.84. The standard InChI is InChI=1S/C17H20ClFN2S/c1-13(17-20-9-10-21-17)6-3-2-4-11-22-12-14-15(18)7-5-8-16(14)19/h2-8,13H,9-12H2,1H3,(H,20,21)/b4-2-,6-3-. The molecule has 1 aromatic carbocycles. The van der Waals surface area contributed by atoms with E-state index in [4.69, 9.17) is 11.6 Å². The van der Waals surface area contributed by atoms with Crippen molar-refractivity contribution in [2.45, 2.75) is 12.7 Å². The highest BCUT2D eigenvalue weighted by molar-refractivity contribution is 7.98. The van der Waals surface area contributed by atoms with Gasteiger partial charge in [0.15, 0.2) is 0 Å². The molecule has 0 bridgehead atoms. The van der Waals surface area contributed by atoms with Gasteiger partial charge < -0.3 is 5.32 Å². The van der Waals surface area contributed by atoms with Crippen molar-refractivity contribution in [3.63, 3.8) is 0 Å². The van der Waals surface area contributed by atoms with E-state index in [9.17, 15) is 4.39 Å². The molecule has 0 saturated heterocycles. The van der Waals surface area contributed by atoms with Gasteiger partial charge in [-0.1, -0.05) is 48.9 Å². The van der Waals surface area contributed by atoms with Crippen LogP contribution >= 0.6 is 23.4 Å². The van der Waals surface area contributed by atoms with E-state index in [0.717, 1.165) is 24.7 Å². The normalized spacial score (nSPS) is 16.2. The van der Waals surface area contributed by atoms with Gasteiger partial charge in [0.2, 0.25) is 0 Å². The van der Waals surface area contributed by atoms with Crippen LogP contribution in [0.15, 0.2) is 47.5 Å². The summed E-state index contributed by atoms with van der Waals surface area (Å²) in [5, 5.41) is 3.76. The van der Waals surface area contributed by atoms with Crippen LogP contribution in [0.1, 0.15) is 12.5 Å². The van der Waals surface area contributed by atoms with Gasteiger partial charge in [-0.05, 0) is 12.1 Å². The van der Waals surface area contributed by atoms with Gasteiger partial charge >= 0.3 is 0 Å². The Balaban J connectivity index is 1.70. The van der Waals surface area contributed by atoms with Crippen LogP contribution in [0, 0.1) is 11.7 Å². The number of allylic oxidation sites excluding steroid dienone is 2. The SMILES string of the molecule is CC(/C=C\C=C/CSCc1c(F)cccc1Cl)C1=NCCN1. The second-order valence-corrected chi connectivity index (χ2v) is 6.45. The van der Waals surface area contributed by atoms with E-state index in [1.165, 1.54) is 6.07 Å². The lowest BCUT2D eigenvalue weighted by Crippen LogP contribution is -2.23. The third kappa shape index (κ3) is 5.18. The summed E-state index contributed by atoms with van der Waals surface area (Å²) in [5.41, 5.74) is 0.581. The summed E-state index contributed by atoms with van der Waals surface area (Å²) < 4.78 is 13.6. The van der Waals surface area contributed by atoms with Crippen molar-refractivity contribution in [1.82, 2.24) is 5.32 Å². The molecule has 0 fully saturated rings. The minimum Gasteiger partial charge on any atom is -0.371 e. The average molecular weight is 339 g/mol. The minimum atomic E-state index is -0.234. The predicted molar refractivity (Wildman–Crippen MR) is 95.3 cm³/mol. The Kier molecular flexibility index (Phi) is 7.00. The Morgan fingerprint density at radius 3 is 3.05 bits per heavy atom. The molecule has 1 atom stereocenters. The molecule has 2 rings (SSSR count). The Labute approximate surface area is 140 Å². The Hall–Kier alpha value is -1.26. The molecule has 2 nitrogen and oxygen atoms in total. The highest BCUT2D eigenvalue weighted by atomic mass is 35.5. The van der Waals surface area contributed by atoms with Crippen LogP contribution in [0.25, 0.3) is 0 Å². The topological polar surface area (TPSA) is 24.4 Å². The highest BCUT2D eigenvalue weighted by Crippen LogP contribution is 2.23. The van der Waals surface area contributed by atoms with Crippen molar-refractivity contribution < 1.29 is 4.39 Å². The van der Waals surface area contributed by atoms with Crippen LogP contribution in [-0.2, 0) is 5.75 Å². The average Bonchev–Trinajstić information content (AvgIpc) is 3.03. The van der Waals surface area contributed by atoms with E-state index in [1.807, 2.05) is 12.2 Å². The third-order valence-electron chi connectivity index (χ3n) is 3.30. The first-order chi connectivity index (χ1) is 10.7. The molecule has 0 spiro atoms. The van der Waals surface area contributed by atoms with Crippen LogP contribution < -0.4 is 5.32 Å². The smallest absolute Gasteiger partial charge is 0.128 e. The molecule has 1 aliphatic heterocycles. The van der Waals surface area contributed by atoms with Gasteiger partial charge in [-0.2, -0.15) is 11.8 Å². The summed E-state index contributed by atoms with van der Waals surface area (Å²) in [6.45, 7) is 3.94. The summed E-state index contributed by atoms with van der Waals surface area (Å²) in [4.78, 5) is 4.39. The first kappa shape index (κ1) is 17.1. The number of benzene rings is 1. The monoisotopic (exact) mass is 338 g/mol. The van der Waals surface area contributed by atoms with Crippen molar-refractivity contribution in [2.24, 2.45) is 10.9 Å². The fourth-order valence-electron chi connectivity index (χ4n) is 2.08. The quantitative estimate of drug-likeness (QED) is 0.586. The zero-order chi connectivity index (χ0) is 15.8. The molecule has 1 heterocycles. The number of nitrogens with one attached hydrogen (secondary N) is 1. The first-order valence-electron chi connectivity index (χ1n) is 7.30. The summed E-state index contributed by atoms with van der Waals surface area (Å²) >= 11 is 7.63. The highest BCUT2D eigenvalue weighted by Gasteiger charge is 2.09. The molecule has 22 heavy (non-hydrogen) atoms. The van der Waals surface area contributed by atoms with Crippen molar-refractivity contribution in [1.29, 1.82) is 0 Å². The number of hydrogen-bond donors (Lipinski definition) is 1. The lowest BCUT2D eigenvalue weighted by molar-refractivity contribution is 0.617. The second kappa shape index (κ2) is 9.01. The van der Waals surface area contributed by atoms with Gasteiger partial charge in [-0.15, -0.1) is 0 Å². The molecular formula is C17H20ClFN2S. The van der Waals surface area contributed by atoms with Gasteiger partial charge in [0, 0.05) is 34.6 Å². The summed E-state index contributed by atoms with van der Waals surface area (Å²) in [7, 11) is 0. The minimum absolute atomic E-state index is 0.234. The van der Waals surface area contributed by atoms with E-state index < -0.39 is 0 Å². The Morgan fingerprint density at radius 2 is 2.32 bits per heavy atom. The van der Waals surface area contributed by atoms with Gasteiger partial charge in [0.1, 0.15) is 11.7 Å². The molecule has 0 saturated carbocycles. The van der Waals surface area contributed by atoms with Crippen LogP contribution in [0.3, 0.4) is 0 Å². The molecule has 0 radical (unpaired) electrons. The van der Waals surface area contributed by atoms with E-state index in [2.05, 4.69) is 29.4 Å².